The van der Waals surface area contributed by atoms with Gasteiger partial charge in [0.1, 0.15) is 11.8 Å². The van der Waals surface area contributed by atoms with Crippen LogP contribution in [0.2, 0.25) is 0 Å². The van der Waals surface area contributed by atoms with Gasteiger partial charge >= 0.3 is 5.97 Å². The number of carboxylic acids is 1. The van der Waals surface area contributed by atoms with Gasteiger partial charge in [0.25, 0.3) is 5.91 Å². The Balaban J connectivity index is 1.98. The van der Waals surface area contributed by atoms with Crippen molar-refractivity contribution in [3.63, 3.8) is 0 Å². The number of aliphatic hydroxyl groups is 1. The number of hydrogen-bond acceptors (Lipinski definition) is 6. The van der Waals surface area contributed by atoms with Crippen molar-refractivity contribution in [2.75, 3.05) is 0 Å². The molecular formula is C19H26N2O7. The number of phenolic OH excluding ortho intramolecular Hbond substituents is 1. The van der Waals surface area contributed by atoms with E-state index >= 15 is 0 Å². The average Bonchev–Trinajstić information content (AvgIpc) is 3.41. The first kappa shape index (κ1) is 21.6. The van der Waals surface area contributed by atoms with Crippen LogP contribution < -0.4 is 10.6 Å². The second-order valence-electron chi connectivity index (χ2n) is 7.34. The molecule has 28 heavy (non-hydrogen) atoms. The second-order valence-corrected chi connectivity index (χ2v) is 7.34. The van der Waals surface area contributed by atoms with Crippen LogP contribution in [0, 0.1) is 5.92 Å². The normalized spacial score (nSPS) is 21.5. The topological polar surface area (TPSA) is 148 Å². The Morgan fingerprint density at radius 2 is 1.68 bits per heavy atom. The Morgan fingerprint density at radius 3 is 2.18 bits per heavy atom. The van der Waals surface area contributed by atoms with Crippen LogP contribution in [0.4, 0.5) is 0 Å². The minimum absolute atomic E-state index is 0.0642. The van der Waals surface area contributed by atoms with Gasteiger partial charge in [-0.2, -0.15) is 0 Å². The van der Waals surface area contributed by atoms with Gasteiger partial charge in [-0.15, -0.1) is 0 Å². The number of amides is 2. The number of carboxylic acid groups (broad SMARTS) is 1. The number of rotatable bonds is 9. The highest BCUT2D eigenvalue weighted by Gasteiger charge is 2.51. The average molecular weight is 394 g/mol. The van der Waals surface area contributed by atoms with Crippen LogP contribution in [0.3, 0.4) is 0 Å². The van der Waals surface area contributed by atoms with E-state index in [4.69, 9.17) is 9.84 Å². The lowest BCUT2D eigenvalue weighted by Gasteiger charge is -2.25. The van der Waals surface area contributed by atoms with Crippen molar-refractivity contribution in [1.82, 2.24) is 10.6 Å². The summed E-state index contributed by atoms with van der Waals surface area (Å²) >= 11 is 0. The van der Waals surface area contributed by atoms with E-state index in [1.165, 1.54) is 12.1 Å². The lowest BCUT2D eigenvalue weighted by Crippen LogP contribution is -2.51. The summed E-state index contributed by atoms with van der Waals surface area (Å²) in [7, 11) is 0. The van der Waals surface area contributed by atoms with Crippen molar-refractivity contribution in [2.45, 2.75) is 57.6 Å². The molecule has 1 heterocycles. The van der Waals surface area contributed by atoms with E-state index in [-0.39, 0.29) is 11.7 Å². The number of aliphatic carboxylic acids is 1. The number of benzene rings is 1. The Hall–Kier alpha value is -2.65. The lowest BCUT2D eigenvalue weighted by atomic mass is 10.0. The molecule has 1 aromatic rings. The monoisotopic (exact) mass is 394 g/mol. The van der Waals surface area contributed by atoms with Crippen LogP contribution in [0.1, 0.15) is 38.9 Å². The van der Waals surface area contributed by atoms with Crippen LogP contribution in [0.5, 0.6) is 5.75 Å². The number of epoxide rings is 1. The van der Waals surface area contributed by atoms with E-state index in [0.717, 1.165) is 0 Å². The first-order valence-corrected chi connectivity index (χ1v) is 9.06. The summed E-state index contributed by atoms with van der Waals surface area (Å²) in [5.41, 5.74) is 0.519. The first-order chi connectivity index (χ1) is 13.1. The molecule has 2 unspecified atom stereocenters. The summed E-state index contributed by atoms with van der Waals surface area (Å²) in [5, 5.41) is 33.8. The molecule has 0 saturated carbocycles. The molecule has 0 aliphatic carbocycles. The lowest BCUT2D eigenvalue weighted by molar-refractivity contribution is -0.138. The van der Waals surface area contributed by atoms with Gasteiger partial charge in [-0.25, -0.2) is 4.79 Å². The zero-order valence-corrected chi connectivity index (χ0v) is 16.0. The molecule has 5 N–H and O–H groups in total. The van der Waals surface area contributed by atoms with E-state index < -0.39 is 48.2 Å². The zero-order chi connectivity index (χ0) is 21.0. The van der Waals surface area contributed by atoms with Crippen LogP contribution >= 0.6 is 0 Å². The number of nitrogens with one attached hydrogen (secondary N) is 2. The van der Waals surface area contributed by atoms with E-state index in [0.29, 0.717) is 12.0 Å². The number of hydrogen-bond donors (Lipinski definition) is 5. The number of carbonyl (C=O) groups excluding carboxylic acids is 2. The SMILES string of the molecule is CC(C)CC(NC(=O)[C@H]1O[C@@H]1C(=O)O)C(=O)NC(C)[C@@H](O)c1ccc(O)cc1. The van der Waals surface area contributed by atoms with Gasteiger partial charge in [0.05, 0.1) is 12.1 Å². The predicted octanol–water partition coefficient (Wildman–Crippen LogP) is 0.313. The van der Waals surface area contributed by atoms with Gasteiger partial charge in [-0.3, -0.25) is 9.59 Å². The third-order valence-electron chi connectivity index (χ3n) is 4.41. The van der Waals surface area contributed by atoms with E-state index in [2.05, 4.69) is 10.6 Å². The van der Waals surface area contributed by atoms with Gasteiger partial charge in [0, 0.05) is 0 Å². The summed E-state index contributed by atoms with van der Waals surface area (Å²) in [6.45, 7) is 5.39. The molecule has 0 aromatic heterocycles. The van der Waals surface area contributed by atoms with Crippen LogP contribution in [-0.4, -0.2) is 57.4 Å². The molecule has 2 amide bonds. The summed E-state index contributed by atoms with van der Waals surface area (Å²) in [5.74, 6) is -2.21. The number of phenols is 1. The molecule has 0 spiro atoms. The van der Waals surface area contributed by atoms with Gasteiger partial charge in [0.2, 0.25) is 5.91 Å². The maximum absolute atomic E-state index is 12.6. The standard InChI is InChI=1S/C19H26N2O7/c1-9(2)8-13(21-18(25)15-16(28-15)19(26)27)17(24)20-10(3)14(23)11-4-6-12(22)7-5-11/h4-7,9-10,13-16,22-23H,8H2,1-3H3,(H,20,24)(H,21,25)(H,26,27)/t10?,13?,14-,15+,16+/m1/s1. The molecule has 1 saturated heterocycles. The van der Waals surface area contributed by atoms with E-state index in [1.54, 1.807) is 19.1 Å². The van der Waals surface area contributed by atoms with Crippen LogP contribution in [0.25, 0.3) is 0 Å². The minimum atomic E-state index is -1.23. The molecule has 1 fully saturated rings. The van der Waals surface area contributed by atoms with Gasteiger partial charge in [-0.1, -0.05) is 26.0 Å². The largest absolute Gasteiger partial charge is 0.508 e. The molecule has 5 atom stereocenters. The summed E-state index contributed by atoms with van der Waals surface area (Å²) in [6.07, 6.45) is -2.95. The predicted molar refractivity (Wildman–Crippen MR) is 98.4 cm³/mol. The van der Waals surface area contributed by atoms with Crippen molar-refractivity contribution in [3.8, 4) is 5.75 Å². The molecule has 0 bridgehead atoms. The second kappa shape index (κ2) is 9.03. The van der Waals surface area contributed by atoms with Crippen molar-refractivity contribution in [2.24, 2.45) is 5.92 Å². The van der Waals surface area contributed by atoms with E-state index in [9.17, 15) is 24.6 Å². The molecule has 154 valence electrons. The van der Waals surface area contributed by atoms with Crippen LogP contribution in [0.15, 0.2) is 24.3 Å². The Labute approximate surface area is 162 Å². The third-order valence-corrected chi connectivity index (χ3v) is 4.41. The first-order valence-electron chi connectivity index (χ1n) is 9.06. The highest BCUT2D eigenvalue weighted by Crippen LogP contribution is 2.23. The number of aliphatic hydroxyl groups excluding tert-OH is 1. The number of carbonyl (C=O) groups is 3. The maximum Gasteiger partial charge on any atom is 0.336 e. The zero-order valence-electron chi connectivity index (χ0n) is 16.0. The van der Waals surface area contributed by atoms with E-state index in [1.807, 2.05) is 13.8 Å². The Bertz CT molecular complexity index is 719. The summed E-state index contributed by atoms with van der Waals surface area (Å²) in [6, 6.07) is 4.42. The quantitative estimate of drug-likeness (QED) is 0.379. The fraction of sp³-hybridized carbons (Fsp3) is 0.526. The van der Waals surface area contributed by atoms with Crippen molar-refractivity contribution >= 4 is 17.8 Å². The Morgan fingerprint density at radius 1 is 1.07 bits per heavy atom. The third kappa shape index (κ3) is 5.67. The molecular weight excluding hydrogens is 368 g/mol. The number of ether oxygens (including phenoxy) is 1. The molecule has 0 radical (unpaired) electrons. The highest BCUT2D eigenvalue weighted by atomic mass is 16.6. The summed E-state index contributed by atoms with van der Waals surface area (Å²) < 4.78 is 4.81. The fourth-order valence-corrected chi connectivity index (χ4v) is 2.82. The van der Waals surface area contributed by atoms with Crippen molar-refractivity contribution < 1.29 is 34.4 Å². The highest BCUT2D eigenvalue weighted by molar-refractivity contribution is 5.95. The van der Waals surface area contributed by atoms with Crippen LogP contribution in [-0.2, 0) is 19.1 Å². The van der Waals surface area contributed by atoms with Crippen molar-refractivity contribution in [3.05, 3.63) is 29.8 Å². The van der Waals surface area contributed by atoms with Gasteiger partial charge < -0.3 is 30.7 Å². The number of aromatic hydroxyl groups is 1. The maximum atomic E-state index is 12.6. The smallest absolute Gasteiger partial charge is 0.336 e. The molecule has 9 nitrogen and oxygen atoms in total. The molecule has 1 aliphatic rings. The Kier molecular flexibility index (Phi) is 6.98. The molecule has 2 rings (SSSR count). The van der Waals surface area contributed by atoms with Gasteiger partial charge in [0.15, 0.2) is 12.2 Å². The van der Waals surface area contributed by atoms with Crippen molar-refractivity contribution in [1.29, 1.82) is 0 Å². The molecule has 1 aliphatic heterocycles. The molecule has 1 aromatic carbocycles. The molecule has 9 heteroatoms. The van der Waals surface area contributed by atoms with Gasteiger partial charge in [-0.05, 0) is 37.0 Å². The fourth-order valence-electron chi connectivity index (χ4n) is 2.82. The minimum Gasteiger partial charge on any atom is -0.508 e. The summed E-state index contributed by atoms with van der Waals surface area (Å²) in [4.78, 5) is 35.6.